The number of hydrogen-bond donors (Lipinski definition) is 1. The molecule has 1 N–H and O–H groups in total. The van der Waals surface area contributed by atoms with Crippen LogP contribution in [0.15, 0.2) is 0 Å². The molecule has 145 valence electrons. The minimum absolute atomic E-state index is 0. The topological polar surface area (TPSA) is 77.5 Å². The molecule has 0 aromatic carbocycles. The fourth-order valence-electron chi connectivity index (χ4n) is 3.72. The molecule has 0 saturated carbocycles. The summed E-state index contributed by atoms with van der Waals surface area (Å²) < 4.78 is 16.7. The Labute approximate surface area is 177 Å². The van der Waals surface area contributed by atoms with Gasteiger partial charge in [-0.1, -0.05) is 20.1 Å². The first-order valence-electron chi connectivity index (χ1n) is 8.81. The third-order valence-corrected chi connectivity index (χ3v) is 6.27. The molecule has 2 fully saturated rings. The van der Waals surface area contributed by atoms with Gasteiger partial charge in [0, 0.05) is 72.6 Å². The van der Waals surface area contributed by atoms with Gasteiger partial charge in [0.25, 0.3) is 0 Å². The van der Waals surface area contributed by atoms with E-state index in [1.807, 2.05) is 6.92 Å². The Kier molecular flexibility index (Phi) is 10.8. The van der Waals surface area contributed by atoms with E-state index in [-0.39, 0.29) is 63.6 Å². The first-order valence-corrected chi connectivity index (χ1v) is 10.5. The second-order valence-electron chi connectivity index (χ2n) is 6.63. The van der Waals surface area contributed by atoms with Crippen LogP contribution < -0.4 is 4.89 Å². The number of aliphatic hydroxyl groups is 1. The van der Waals surface area contributed by atoms with E-state index in [9.17, 15) is 10.00 Å². The molecule has 2 heterocycles. The fraction of sp³-hybridized carbons (Fsp3) is 0.938. The average Bonchev–Trinajstić information content (AvgIpc) is 3.15. The number of hydrogen-bond acceptors (Lipinski definition) is 7. The van der Waals surface area contributed by atoms with Gasteiger partial charge in [0.2, 0.25) is 0 Å². The summed E-state index contributed by atoms with van der Waals surface area (Å²) in [5, 5.41) is 9.40. The smallest absolute Gasteiger partial charge is 0.0773 e. The first kappa shape index (κ1) is 24.2. The Bertz CT molecular complexity index is 433. The zero-order chi connectivity index (χ0) is 17.7. The Morgan fingerprint density at radius 3 is 2.20 bits per heavy atom. The molecule has 5 atom stereocenters. The molecule has 9 heteroatoms. The van der Waals surface area contributed by atoms with E-state index < -0.39 is 7.57 Å². The Balaban J connectivity index is 0.00000312. The monoisotopic (exact) mass is 452 g/mol. The third-order valence-electron chi connectivity index (χ3n) is 5.11. The van der Waals surface area contributed by atoms with Gasteiger partial charge in [-0.3, -0.25) is 9.80 Å². The number of likely N-dealkylation sites (N-methyl/N-ethyl adjacent to an activating group) is 2. The Hall–Kier alpha value is 1.12. The van der Waals surface area contributed by atoms with Crippen LogP contribution in [0.1, 0.15) is 26.7 Å². The number of rotatable bonds is 9. The zero-order valence-corrected chi connectivity index (χ0v) is 19.4. The van der Waals surface area contributed by atoms with Crippen LogP contribution in [0, 0.1) is 0 Å². The van der Waals surface area contributed by atoms with E-state index in [1.54, 1.807) is 7.11 Å². The Morgan fingerprint density at radius 1 is 1.12 bits per heavy atom. The van der Waals surface area contributed by atoms with Crippen LogP contribution in [-0.2, 0) is 46.5 Å². The molecule has 0 aromatic rings. The Morgan fingerprint density at radius 2 is 1.68 bits per heavy atom. The molecule has 0 aliphatic carbocycles. The molecule has 2 rings (SSSR count). The van der Waals surface area contributed by atoms with Crippen LogP contribution in [0.2, 0.25) is 0 Å². The molecule has 7 nitrogen and oxygen atoms in total. The molecule has 25 heavy (non-hydrogen) atoms. The van der Waals surface area contributed by atoms with Crippen LogP contribution in [0.3, 0.4) is 0 Å². The van der Waals surface area contributed by atoms with Gasteiger partial charge >= 0.3 is 0 Å². The van der Waals surface area contributed by atoms with Gasteiger partial charge in [0.05, 0.1) is 25.4 Å². The number of aliphatic hydroxyl groups excluding tert-OH is 1. The van der Waals surface area contributed by atoms with E-state index in [1.165, 1.54) is 0 Å². The van der Waals surface area contributed by atoms with Crippen LogP contribution >= 0.6 is 7.57 Å². The van der Waals surface area contributed by atoms with Crippen molar-refractivity contribution in [3.63, 3.8) is 0 Å². The number of likely N-dealkylation sites (tertiary alicyclic amines) is 2. The first-order chi connectivity index (χ1) is 11.4. The fourth-order valence-corrected chi connectivity index (χ4v) is 4.78. The van der Waals surface area contributed by atoms with E-state index in [4.69, 9.17) is 13.8 Å². The maximum absolute atomic E-state index is 12.6. The van der Waals surface area contributed by atoms with Crippen molar-refractivity contribution in [3.8, 4) is 0 Å². The summed E-state index contributed by atoms with van der Waals surface area (Å²) in [6, 6.07) is 0.243. The van der Waals surface area contributed by atoms with Crippen molar-refractivity contribution >= 4 is 13.9 Å². The number of methoxy groups -OCH3 is 1. The van der Waals surface area contributed by atoms with Gasteiger partial charge in [-0.05, 0) is 25.9 Å². The van der Waals surface area contributed by atoms with E-state index in [0.29, 0.717) is 19.6 Å². The molecule has 0 amide bonds. The minimum atomic E-state index is -3.36. The van der Waals surface area contributed by atoms with Gasteiger partial charge in [0.15, 0.2) is 0 Å². The average molecular weight is 452 g/mol. The molecule has 2 aliphatic heterocycles. The molecule has 0 aromatic heterocycles. The van der Waals surface area contributed by atoms with Crippen LogP contribution in [0.25, 0.3) is 0 Å². The van der Waals surface area contributed by atoms with Crippen molar-refractivity contribution in [2.24, 2.45) is 0 Å². The normalized spacial score (nSPS) is 33.3. The summed E-state index contributed by atoms with van der Waals surface area (Å²) >= 11 is 0. The number of ether oxygens (including phenoxy) is 1. The molecule has 0 spiro atoms. The van der Waals surface area contributed by atoms with Gasteiger partial charge in [-0.2, -0.15) is 0 Å². The largest absolute Gasteiger partial charge is 0.789 e. The molecule has 2 saturated heterocycles. The van der Waals surface area contributed by atoms with Crippen molar-refractivity contribution in [3.05, 3.63) is 0 Å². The molecule has 0 bridgehead atoms. The summed E-state index contributed by atoms with van der Waals surface area (Å²) in [7, 11) is -1.64. The van der Waals surface area contributed by atoms with Crippen LogP contribution in [-0.4, -0.2) is 92.0 Å². The van der Waals surface area contributed by atoms with Crippen LogP contribution in [0.5, 0.6) is 0 Å². The van der Waals surface area contributed by atoms with E-state index in [0.717, 1.165) is 26.1 Å². The van der Waals surface area contributed by atoms with Crippen molar-refractivity contribution in [1.29, 1.82) is 0 Å². The predicted molar refractivity (Wildman–Crippen MR) is 94.1 cm³/mol. The summed E-state index contributed by atoms with van der Waals surface area (Å²) in [6.07, 6.45) is 5.18. The second kappa shape index (κ2) is 11.2. The van der Waals surface area contributed by atoms with Crippen molar-refractivity contribution < 1.29 is 56.5 Å². The predicted octanol–water partition coefficient (Wildman–Crippen LogP) is 0.136. The maximum atomic E-state index is 12.6. The molecule has 5 unspecified atom stereocenters. The third kappa shape index (κ3) is 6.90. The van der Waals surface area contributed by atoms with Gasteiger partial charge in [0.1, 0.15) is 0 Å². The van der Waals surface area contributed by atoms with Crippen molar-refractivity contribution in [1.82, 2.24) is 9.80 Å². The second-order valence-corrected chi connectivity index (χ2v) is 8.32. The molecular formula is C16H32N2O5PY-. The molecule has 1 radical (unpaired) electrons. The minimum Gasteiger partial charge on any atom is -0.789 e. The summed E-state index contributed by atoms with van der Waals surface area (Å²) in [4.78, 5) is 17.0. The van der Waals surface area contributed by atoms with Gasteiger partial charge < -0.3 is 23.8 Å². The van der Waals surface area contributed by atoms with Gasteiger partial charge in [-0.15, -0.1) is 0 Å². The molecular weight excluding hydrogens is 420 g/mol. The standard InChI is InChI=1S/C16H32N2O5P.Y/c1-5-17-10-16(7-13(17)11-19)23-24(4,20)22-12-14-8-15(21-3)9-18(14)6-2;/h13-16,19H,4-12H2,1-3H3;/q-1;. The summed E-state index contributed by atoms with van der Waals surface area (Å²) in [5.74, 6) is 0. The molecule has 2 aliphatic rings. The quantitative estimate of drug-likeness (QED) is 0.499. The zero-order valence-electron chi connectivity index (χ0n) is 15.7. The SMILES string of the molecule is C=P([O-])(OCC1CC(OC)CN1CC)OC1CC(CO)N(CC)C1.[Y]. The summed E-state index contributed by atoms with van der Waals surface area (Å²) in [5.41, 5.74) is 0. The number of nitrogens with zero attached hydrogens (tertiary/aromatic N) is 2. The maximum Gasteiger partial charge on any atom is 0.0773 e. The summed E-state index contributed by atoms with van der Waals surface area (Å²) in [6.45, 7) is 7.82. The van der Waals surface area contributed by atoms with E-state index in [2.05, 4.69) is 23.0 Å². The van der Waals surface area contributed by atoms with Gasteiger partial charge in [-0.25, -0.2) is 0 Å². The van der Waals surface area contributed by atoms with E-state index >= 15 is 0 Å². The van der Waals surface area contributed by atoms with Crippen LogP contribution in [0.4, 0.5) is 0 Å². The van der Waals surface area contributed by atoms with Crippen molar-refractivity contribution in [2.45, 2.75) is 51.0 Å². The van der Waals surface area contributed by atoms with Crippen molar-refractivity contribution in [2.75, 3.05) is 46.5 Å².